The van der Waals surface area contributed by atoms with Crippen molar-refractivity contribution in [2.75, 3.05) is 18.7 Å². The molecule has 2 amide bonds. The Morgan fingerprint density at radius 1 is 1.22 bits per heavy atom. The van der Waals surface area contributed by atoms with Gasteiger partial charge in [0, 0.05) is 10.5 Å². The van der Waals surface area contributed by atoms with Crippen LogP contribution < -0.4 is 19.8 Å². The van der Waals surface area contributed by atoms with Crippen LogP contribution in [0.4, 0.5) is 5.69 Å². The van der Waals surface area contributed by atoms with Crippen LogP contribution in [0.1, 0.15) is 50.2 Å². The van der Waals surface area contributed by atoms with Crippen LogP contribution in [-0.2, 0) is 9.59 Å². The lowest BCUT2D eigenvalue weighted by Gasteiger charge is -2.22. The van der Waals surface area contributed by atoms with Crippen LogP contribution in [-0.4, -0.2) is 37.3 Å². The molecule has 0 saturated heterocycles. The minimum absolute atomic E-state index is 0.108. The molecule has 8 nitrogen and oxygen atoms in total. The molecule has 186 valence electrons. The summed E-state index contributed by atoms with van der Waals surface area (Å²) in [7, 11) is 1.52. The number of hydrazone groups is 1. The SMILES string of the molecule is COc1cc(/C=C2/C(=O)N(c3ccc(C#N)cc3)N=C2C)c(Br)cc1OCC(=O)NC1CCCCC1. The van der Waals surface area contributed by atoms with Gasteiger partial charge in [-0.15, -0.1) is 0 Å². The Balaban J connectivity index is 1.48. The molecule has 0 radical (unpaired) electrons. The maximum Gasteiger partial charge on any atom is 0.280 e. The predicted molar refractivity (Wildman–Crippen MR) is 141 cm³/mol. The van der Waals surface area contributed by atoms with Gasteiger partial charge in [-0.05, 0) is 67.8 Å². The van der Waals surface area contributed by atoms with Crippen molar-refractivity contribution in [3.8, 4) is 17.6 Å². The number of rotatable bonds is 7. The van der Waals surface area contributed by atoms with E-state index in [2.05, 4.69) is 32.4 Å². The van der Waals surface area contributed by atoms with Gasteiger partial charge in [0.2, 0.25) is 0 Å². The van der Waals surface area contributed by atoms with E-state index in [0.29, 0.717) is 44.1 Å². The normalized spacial score (nSPS) is 17.1. The maximum absolute atomic E-state index is 13.1. The van der Waals surface area contributed by atoms with Gasteiger partial charge in [0.05, 0.1) is 35.7 Å². The molecule has 1 heterocycles. The molecular formula is C27H27BrN4O4. The molecular weight excluding hydrogens is 524 g/mol. The molecule has 1 saturated carbocycles. The lowest BCUT2D eigenvalue weighted by atomic mass is 9.95. The van der Waals surface area contributed by atoms with Gasteiger partial charge in [-0.3, -0.25) is 9.59 Å². The van der Waals surface area contributed by atoms with E-state index in [0.717, 1.165) is 25.7 Å². The summed E-state index contributed by atoms with van der Waals surface area (Å²) in [6, 6.07) is 12.4. The van der Waals surface area contributed by atoms with E-state index in [1.165, 1.54) is 18.5 Å². The molecule has 1 fully saturated rings. The van der Waals surface area contributed by atoms with E-state index in [9.17, 15) is 9.59 Å². The Morgan fingerprint density at radius 3 is 2.61 bits per heavy atom. The van der Waals surface area contributed by atoms with Crippen molar-refractivity contribution in [1.29, 1.82) is 5.26 Å². The summed E-state index contributed by atoms with van der Waals surface area (Å²) in [6.45, 7) is 1.66. The third-order valence-corrected chi connectivity index (χ3v) is 6.90. The fourth-order valence-electron chi connectivity index (χ4n) is 4.29. The first kappa shape index (κ1) is 25.5. The number of ether oxygens (including phenoxy) is 2. The molecule has 2 aliphatic rings. The monoisotopic (exact) mass is 550 g/mol. The van der Waals surface area contributed by atoms with Gasteiger partial charge in [-0.25, -0.2) is 0 Å². The average Bonchev–Trinajstić information content (AvgIpc) is 3.17. The van der Waals surface area contributed by atoms with Crippen molar-refractivity contribution in [1.82, 2.24) is 5.32 Å². The van der Waals surface area contributed by atoms with Crippen molar-refractivity contribution in [3.63, 3.8) is 0 Å². The standard InChI is InChI=1S/C27H27BrN4O4/c1-17-22(27(34)32(31-17)21-10-8-18(15-29)9-11-21)12-19-13-24(35-2)25(14-23(19)28)36-16-26(33)30-20-6-4-3-5-7-20/h8-14,20H,3-7,16H2,1-2H3,(H,30,33)/b22-12+. The largest absolute Gasteiger partial charge is 0.493 e. The van der Waals surface area contributed by atoms with Crippen molar-refractivity contribution in [2.24, 2.45) is 5.10 Å². The number of nitrogens with one attached hydrogen (secondary N) is 1. The average molecular weight is 551 g/mol. The van der Waals surface area contributed by atoms with Crippen molar-refractivity contribution in [3.05, 3.63) is 57.6 Å². The summed E-state index contributed by atoms with van der Waals surface area (Å²) in [6.07, 6.45) is 7.25. The van der Waals surface area contributed by atoms with Gasteiger partial charge < -0.3 is 14.8 Å². The van der Waals surface area contributed by atoms with Gasteiger partial charge in [-0.2, -0.15) is 15.4 Å². The fraction of sp³-hybridized carbons (Fsp3) is 0.333. The highest BCUT2D eigenvalue weighted by Crippen LogP contribution is 2.35. The molecule has 0 aromatic heterocycles. The number of nitriles is 1. The molecule has 1 aliphatic heterocycles. The number of benzene rings is 2. The Morgan fingerprint density at radius 2 is 1.94 bits per heavy atom. The van der Waals surface area contributed by atoms with Crippen LogP contribution in [0.2, 0.25) is 0 Å². The summed E-state index contributed by atoms with van der Waals surface area (Å²) >= 11 is 3.54. The van der Waals surface area contributed by atoms with E-state index in [4.69, 9.17) is 14.7 Å². The third-order valence-electron chi connectivity index (χ3n) is 6.22. The second-order valence-electron chi connectivity index (χ2n) is 8.73. The molecule has 0 atom stereocenters. The first-order valence-corrected chi connectivity index (χ1v) is 12.6. The Bertz CT molecular complexity index is 1260. The summed E-state index contributed by atoms with van der Waals surface area (Å²) < 4.78 is 11.9. The summed E-state index contributed by atoms with van der Waals surface area (Å²) in [5.74, 6) is 0.438. The minimum atomic E-state index is -0.275. The predicted octanol–water partition coefficient (Wildman–Crippen LogP) is 4.96. The number of nitrogens with zero attached hydrogens (tertiary/aromatic N) is 3. The fourth-order valence-corrected chi connectivity index (χ4v) is 4.72. The second-order valence-corrected chi connectivity index (χ2v) is 9.59. The van der Waals surface area contributed by atoms with Crippen LogP contribution in [0.15, 0.2) is 51.5 Å². The van der Waals surface area contributed by atoms with Crippen molar-refractivity contribution >= 4 is 45.2 Å². The Labute approximate surface area is 218 Å². The van der Waals surface area contributed by atoms with Crippen LogP contribution in [0.25, 0.3) is 6.08 Å². The van der Waals surface area contributed by atoms with Gasteiger partial charge in [-0.1, -0.05) is 35.2 Å². The second kappa shape index (κ2) is 11.4. The van der Waals surface area contributed by atoms with Gasteiger partial charge in [0.1, 0.15) is 0 Å². The summed E-state index contributed by atoms with van der Waals surface area (Å²) in [5, 5.41) is 17.7. The number of hydrogen-bond acceptors (Lipinski definition) is 6. The van der Waals surface area contributed by atoms with E-state index < -0.39 is 0 Å². The summed E-state index contributed by atoms with van der Waals surface area (Å²) in [4.78, 5) is 25.5. The van der Waals surface area contributed by atoms with E-state index in [1.807, 2.05) is 0 Å². The molecule has 2 aromatic carbocycles. The quantitative estimate of drug-likeness (QED) is 0.490. The number of amides is 2. The number of carbonyl (C=O) groups is 2. The topological polar surface area (TPSA) is 104 Å². The number of hydrogen-bond donors (Lipinski definition) is 1. The first-order valence-electron chi connectivity index (χ1n) is 11.8. The van der Waals surface area contributed by atoms with E-state index in [-0.39, 0.29) is 24.5 Å². The highest BCUT2D eigenvalue weighted by molar-refractivity contribution is 9.10. The molecule has 0 unspecified atom stereocenters. The van der Waals surface area contributed by atoms with Crippen LogP contribution in [0, 0.1) is 11.3 Å². The minimum Gasteiger partial charge on any atom is -0.493 e. The van der Waals surface area contributed by atoms with Crippen LogP contribution in [0.5, 0.6) is 11.5 Å². The van der Waals surface area contributed by atoms with Crippen LogP contribution >= 0.6 is 15.9 Å². The van der Waals surface area contributed by atoms with Crippen molar-refractivity contribution in [2.45, 2.75) is 45.1 Å². The zero-order valence-electron chi connectivity index (χ0n) is 20.2. The maximum atomic E-state index is 13.1. The zero-order valence-corrected chi connectivity index (χ0v) is 21.8. The van der Waals surface area contributed by atoms with Crippen LogP contribution in [0.3, 0.4) is 0 Å². The Kier molecular flexibility index (Phi) is 8.06. The highest BCUT2D eigenvalue weighted by atomic mass is 79.9. The molecule has 36 heavy (non-hydrogen) atoms. The number of carbonyl (C=O) groups excluding carboxylic acids is 2. The first-order chi connectivity index (χ1) is 17.4. The van der Waals surface area contributed by atoms with Gasteiger partial charge in [0.15, 0.2) is 18.1 Å². The molecule has 0 spiro atoms. The highest BCUT2D eigenvalue weighted by Gasteiger charge is 2.29. The molecule has 9 heteroatoms. The number of anilines is 1. The molecule has 4 rings (SSSR count). The number of halogens is 1. The number of methoxy groups -OCH3 is 1. The smallest absolute Gasteiger partial charge is 0.280 e. The van der Waals surface area contributed by atoms with E-state index in [1.54, 1.807) is 49.4 Å². The Hall–Kier alpha value is -3.64. The van der Waals surface area contributed by atoms with Gasteiger partial charge in [0.25, 0.3) is 11.8 Å². The third kappa shape index (κ3) is 5.77. The lowest BCUT2D eigenvalue weighted by Crippen LogP contribution is -2.39. The molecule has 1 aliphatic carbocycles. The zero-order chi connectivity index (χ0) is 25.7. The lowest BCUT2D eigenvalue weighted by molar-refractivity contribution is -0.124. The summed E-state index contributed by atoms with van der Waals surface area (Å²) in [5.41, 5.74) is 2.78. The molecule has 1 N–H and O–H groups in total. The molecule has 0 bridgehead atoms. The van der Waals surface area contributed by atoms with Crippen molar-refractivity contribution < 1.29 is 19.1 Å². The van der Waals surface area contributed by atoms with Gasteiger partial charge >= 0.3 is 0 Å². The van der Waals surface area contributed by atoms with E-state index >= 15 is 0 Å². The molecule has 2 aromatic rings.